The Labute approximate surface area is 142 Å². The summed E-state index contributed by atoms with van der Waals surface area (Å²) >= 11 is 0. The molecule has 2 aromatic heterocycles. The van der Waals surface area contributed by atoms with Crippen LogP contribution in [0, 0.1) is 0 Å². The molecule has 24 heavy (non-hydrogen) atoms. The maximum Gasteiger partial charge on any atom is 0.238 e. The zero-order valence-electron chi connectivity index (χ0n) is 14.0. The molecular weight excluding hydrogens is 322 g/mol. The Morgan fingerprint density at radius 1 is 1.17 bits per heavy atom. The van der Waals surface area contributed by atoms with Crippen molar-refractivity contribution < 1.29 is 8.42 Å². The van der Waals surface area contributed by atoms with E-state index < -0.39 is 10.0 Å². The highest BCUT2D eigenvalue weighted by Gasteiger charge is 2.14. The number of nitrogens with two attached hydrogens (primary N) is 1. The predicted octanol–water partition coefficient (Wildman–Crippen LogP) is 3.56. The van der Waals surface area contributed by atoms with Gasteiger partial charge in [0.15, 0.2) is 0 Å². The molecule has 126 valence electrons. The van der Waals surface area contributed by atoms with Crippen LogP contribution in [0.15, 0.2) is 41.6 Å². The first-order valence-corrected chi connectivity index (χ1v) is 9.48. The van der Waals surface area contributed by atoms with Gasteiger partial charge in [-0.25, -0.2) is 18.5 Å². The van der Waals surface area contributed by atoms with E-state index in [1.54, 1.807) is 18.3 Å². The molecule has 0 saturated carbocycles. The fourth-order valence-corrected chi connectivity index (χ4v) is 3.39. The number of nitrogens with one attached hydrogen (secondary N) is 1. The average Bonchev–Trinajstić information content (AvgIpc) is 2.95. The van der Waals surface area contributed by atoms with Gasteiger partial charge in [-0.3, -0.25) is 0 Å². The van der Waals surface area contributed by atoms with Crippen molar-refractivity contribution in [2.45, 2.75) is 38.0 Å². The highest BCUT2D eigenvalue weighted by molar-refractivity contribution is 7.89. The molecule has 0 amide bonds. The molecule has 1 aromatic carbocycles. The summed E-state index contributed by atoms with van der Waals surface area (Å²) in [4.78, 5) is 7.75. The number of fused-ring (bicyclic) bond motifs is 1. The van der Waals surface area contributed by atoms with Gasteiger partial charge < -0.3 is 4.98 Å². The van der Waals surface area contributed by atoms with Gasteiger partial charge >= 0.3 is 0 Å². The van der Waals surface area contributed by atoms with Crippen LogP contribution in [0.4, 0.5) is 0 Å². The van der Waals surface area contributed by atoms with Crippen molar-refractivity contribution in [2.75, 3.05) is 0 Å². The van der Waals surface area contributed by atoms with Gasteiger partial charge in [0.05, 0.1) is 4.90 Å². The van der Waals surface area contributed by atoms with Crippen molar-refractivity contribution in [3.8, 4) is 11.1 Å². The Balaban J connectivity index is 2.23. The number of nitrogens with zero attached hydrogens (tertiary/aromatic N) is 1. The van der Waals surface area contributed by atoms with E-state index in [1.165, 1.54) is 5.56 Å². The van der Waals surface area contributed by atoms with Gasteiger partial charge in [-0.1, -0.05) is 26.8 Å². The molecule has 0 atom stereocenters. The molecule has 0 radical (unpaired) electrons. The van der Waals surface area contributed by atoms with Crippen LogP contribution in [0.5, 0.6) is 0 Å². The fourth-order valence-electron chi connectivity index (χ4n) is 2.79. The molecule has 0 unspecified atom stereocenters. The summed E-state index contributed by atoms with van der Waals surface area (Å²) in [6, 6.07) is 7.30. The quantitative estimate of drug-likeness (QED) is 0.759. The molecule has 0 bridgehead atoms. The van der Waals surface area contributed by atoms with E-state index in [0.717, 1.165) is 34.1 Å². The number of aryl methyl sites for hydroxylation is 1. The molecular formula is C18H21N3O2S. The number of hydrogen-bond donors (Lipinski definition) is 2. The number of benzene rings is 1. The van der Waals surface area contributed by atoms with Gasteiger partial charge in [-0.15, -0.1) is 0 Å². The maximum atomic E-state index is 11.8. The van der Waals surface area contributed by atoms with E-state index in [9.17, 15) is 8.42 Å². The number of aromatic amines is 1. The second-order valence-electron chi connectivity index (χ2n) is 6.28. The van der Waals surface area contributed by atoms with Crippen molar-refractivity contribution in [2.24, 2.45) is 5.14 Å². The summed E-state index contributed by atoms with van der Waals surface area (Å²) in [5, 5.41) is 6.40. The first-order chi connectivity index (χ1) is 11.3. The maximum absolute atomic E-state index is 11.8. The fraction of sp³-hybridized carbons (Fsp3) is 0.278. The zero-order chi connectivity index (χ0) is 17.5. The lowest BCUT2D eigenvalue weighted by Gasteiger charge is -2.11. The molecule has 0 saturated heterocycles. The average molecular weight is 343 g/mol. The first-order valence-electron chi connectivity index (χ1n) is 7.93. The molecule has 3 aromatic rings. The number of pyridine rings is 1. The van der Waals surface area contributed by atoms with Crippen LogP contribution in [-0.2, 0) is 16.4 Å². The molecule has 0 fully saturated rings. The first kappa shape index (κ1) is 16.7. The third-order valence-electron chi connectivity index (χ3n) is 4.26. The van der Waals surface area contributed by atoms with E-state index in [1.807, 2.05) is 32.2 Å². The zero-order valence-corrected chi connectivity index (χ0v) is 14.8. The second-order valence-corrected chi connectivity index (χ2v) is 7.84. The minimum atomic E-state index is -3.76. The topological polar surface area (TPSA) is 88.8 Å². The largest absolute Gasteiger partial charge is 0.346 e. The lowest BCUT2D eigenvalue weighted by Crippen LogP contribution is -2.12. The summed E-state index contributed by atoms with van der Waals surface area (Å²) in [5.41, 5.74) is 4.64. The molecule has 6 heteroatoms. The number of aromatic nitrogens is 2. The summed E-state index contributed by atoms with van der Waals surface area (Å²) < 4.78 is 23.6. The SMILES string of the molecule is CCc1c[nH]c2ncc(-c3cc(C(C)C)cc(S(N)(=O)=O)c3)cc12. The minimum Gasteiger partial charge on any atom is -0.346 e. The van der Waals surface area contributed by atoms with Gasteiger partial charge in [-0.2, -0.15) is 0 Å². The van der Waals surface area contributed by atoms with Crippen LogP contribution >= 0.6 is 0 Å². The minimum absolute atomic E-state index is 0.133. The van der Waals surface area contributed by atoms with Crippen molar-refractivity contribution in [3.63, 3.8) is 0 Å². The number of H-pyrrole nitrogens is 1. The molecule has 2 heterocycles. The van der Waals surface area contributed by atoms with E-state index in [2.05, 4.69) is 16.9 Å². The number of hydrogen-bond acceptors (Lipinski definition) is 3. The van der Waals surface area contributed by atoms with Gasteiger partial charge in [0, 0.05) is 23.3 Å². The molecule has 0 spiro atoms. The van der Waals surface area contributed by atoms with Gasteiger partial charge in [0.25, 0.3) is 0 Å². The predicted molar refractivity (Wildman–Crippen MR) is 96.4 cm³/mol. The summed E-state index contributed by atoms with van der Waals surface area (Å²) in [6.07, 6.45) is 4.62. The monoisotopic (exact) mass is 343 g/mol. The Bertz CT molecular complexity index is 1000. The highest BCUT2D eigenvalue weighted by atomic mass is 32.2. The van der Waals surface area contributed by atoms with Gasteiger partial charge in [0.1, 0.15) is 5.65 Å². The normalized spacial score (nSPS) is 12.2. The highest BCUT2D eigenvalue weighted by Crippen LogP contribution is 2.29. The Morgan fingerprint density at radius 3 is 2.54 bits per heavy atom. The summed E-state index contributed by atoms with van der Waals surface area (Å²) in [6.45, 7) is 6.14. The summed E-state index contributed by atoms with van der Waals surface area (Å²) in [7, 11) is -3.76. The molecule has 5 nitrogen and oxygen atoms in total. The Morgan fingerprint density at radius 2 is 1.92 bits per heavy atom. The molecule has 0 aliphatic heterocycles. The number of rotatable bonds is 4. The molecule has 3 N–H and O–H groups in total. The van der Waals surface area contributed by atoms with Gasteiger partial charge in [-0.05, 0) is 47.2 Å². The summed E-state index contributed by atoms with van der Waals surface area (Å²) in [5.74, 6) is 0.195. The van der Waals surface area contributed by atoms with Crippen LogP contribution < -0.4 is 5.14 Å². The van der Waals surface area contributed by atoms with Crippen molar-refractivity contribution in [3.05, 3.63) is 47.8 Å². The van der Waals surface area contributed by atoms with Crippen molar-refractivity contribution >= 4 is 21.1 Å². The van der Waals surface area contributed by atoms with E-state index >= 15 is 0 Å². The van der Waals surface area contributed by atoms with Crippen LogP contribution in [0.3, 0.4) is 0 Å². The smallest absolute Gasteiger partial charge is 0.238 e. The molecule has 0 aliphatic carbocycles. The molecule has 0 aliphatic rings. The molecule has 3 rings (SSSR count). The van der Waals surface area contributed by atoms with Crippen LogP contribution in [-0.4, -0.2) is 18.4 Å². The van der Waals surface area contributed by atoms with E-state index in [0.29, 0.717) is 0 Å². The lowest BCUT2D eigenvalue weighted by molar-refractivity contribution is 0.597. The lowest BCUT2D eigenvalue weighted by atomic mass is 9.97. The van der Waals surface area contributed by atoms with Crippen molar-refractivity contribution in [1.29, 1.82) is 0 Å². The third kappa shape index (κ3) is 3.07. The Hall–Kier alpha value is -2.18. The van der Waals surface area contributed by atoms with E-state index in [-0.39, 0.29) is 10.8 Å². The van der Waals surface area contributed by atoms with Crippen LogP contribution in [0.2, 0.25) is 0 Å². The third-order valence-corrected chi connectivity index (χ3v) is 5.15. The standard InChI is InChI=1S/C18H21N3O2S/c1-4-12-9-20-18-17(12)8-15(10-21-18)14-5-13(11(2)3)6-16(7-14)24(19,22)23/h5-11H,4H2,1-3H3,(H,20,21)(H2,19,22,23). The van der Waals surface area contributed by atoms with E-state index in [4.69, 9.17) is 5.14 Å². The Kier molecular flexibility index (Phi) is 4.19. The second kappa shape index (κ2) is 6.03. The van der Waals surface area contributed by atoms with Crippen molar-refractivity contribution in [1.82, 2.24) is 9.97 Å². The van der Waals surface area contributed by atoms with Gasteiger partial charge in [0.2, 0.25) is 10.0 Å². The van der Waals surface area contributed by atoms with Crippen LogP contribution in [0.1, 0.15) is 37.8 Å². The number of primary sulfonamides is 1. The van der Waals surface area contributed by atoms with Crippen LogP contribution in [0.25, 0.3) is 22.2 Å². The number of sulfonamides is 1.